The summed E-state index contributed by atoms with van der Waals surface area (Å²) in [5.41, 5.74) is 2.16. The fourth-order valence-corrected chi connectivity index (χ4v) is 2.79. The van der Waals surface area contributed by atoms with Gasteiger partial charge in [-0.1, -0.05) is 60.7 Å². The maximum Gasteiger partial charge on any atom is 0.255 e. The molecule has 1 aliphatic heterocycles. The first-order chi connectivity index (χ1) is 10.3. The topological polar surface area (TPSA) is 32.3 Å². The van der Waals surface area contributed by atoms with Crippen molar-refractivity contribution in [1.29, 1.82) is 0 Å². The summed E-state index contributed by atoms with van der Waals surface area (Å²) < 4.78 is 0. The van der Waals surface area contributed by atoms with E-state index in [-0.39, 0.29) is 11.9 Å². The lowest BCUT2D eigenvalue weighted by Gasteiger charge is -2.14. The summed E-state index contributed by atoms with van der Waals surface area (Å²) >= 11 is 5.30. The predicted molar refractivity (Wildman–Crippen MR) is 86.8 cm³/mol. The van der Waals surface area contributed by atoms with Gasteiger partial charge in [-0.25, -0.2) is 0 Å². The highest BCUT2D eigenvalue weighted by Gasteiger charge is 2.35. The van der Waals surface area contributed by atoms with Gasteiger partial charge in [-0.3, -0.25) is 9.69 Å². The number of hydrogen-bond acceptors (Lipinski definition) is 2. The quantitative estimate of drug-likeness (QED) is 0.881. The Bertz CT molecular complexity index is 642. The predicted octanol–water partition coefficient (Wildman–Crippen LogP) is 2.69. The Hall–Kier alpha value is -2.20. The molecule has 1 unspecified atom stereocenters. The molecule has 1 fully saturated rings. The van der Waals surface area contributed by atoms with Crippen LogP contribution in [0.25, 0.3) is 0 Å². The number of carbonyl (C=O) groups is 1. The van der Waals surface area contributed by atoms with E-state index in [4.69, 9.17) is 12.2 Å². The van der Waals surface area contributed by atoms with Crippen LogP contribution in [0.5, 0.6) is 0 Å². The van der Waals surface area contributed by atoms with Crippen LogP contribution < -0.4 is 5.32 Å². The van der Waals surface area contributed by atoms with Crippen LogP contribution in [0.4, 0.5) is 0 Å². The number of rotatable bonds is 4. The molecule has 2 aromatic carbocycles. The van der Waals surface area contributed by atoms with Crippen molar-refractivity contribution in [3.8, 4) is 0 Å². The fourth-order valence-electron chi connectivity index (χ4n) is 2.49. The molecule has 0 saturated carbocycles. The summed E-state index contributed by atoms with van der Waals surface area (Å²) in [6.07, 6.45) is 0.801. The molecular weight excluding hydrogens is 280 g/mol. The number of benzene rings is 2. The maximum atomic E-state index is 12.5. The SMILES string of the molecule is O=C1C(c2ccccc2)NC(=S)N1CCc1ccccc1. The summed E-state index contributed by atoms with van der Waals surface area (Å²) in [5, 5.41) is 3.63. The summed E-state index contributed by atoms with van der Waals surface area (Å²) in [7, 11) is 0. The third-order valence-electron chi connectivity index (χ3n) is 3.63. The normalized spacial score (nSPS) is 17.9. The van der Waals surface area contributed by atoms with Gasteiger partial charge >= 0.3 is 0 Å². The molecule has 3 rings (SSSR count). The van der Waals surface area contributed by atoms with Crippen LogP contribution in [0.2, 0.25) is 0 Å². The number of amides is 1. The molecule has 0 radical (unpaired) electrons. The van der Waals surface area contributed by atoms with Gasteiger partial charge in [0.1, 0.15) is 6.04 Å². The molecule has 106 valence electrons. The van der Waals surface area contributed by atoms with Crippen LogP contribution in [0, 0.1) is 0 Å². The lowest BCUT2D eigenvalue weighted by Crippen LogP contribution is -2.32. The summed E-state index contributed by atoms with van der Waals surface area (Å²) in [4.78, 5) is 14.2. The van der Waals surface area contributed by atoms with Crippen LogP contribution in [0.3, 0.4) is 0 Å². The minimum atomic E-state index is -0.352. The van der Waals surface area contributed by atoms with Gasteiger partial charge in [0.05, 0.1) is 0 Å². The van der Waals surface area contributed by atoms with E-state index in [1.54, 1.807) is 4.90 Å². The molecule has 0 bridgehead atoms. The van der Waals surface area contributed by atoms with E-state index in [1.165, 1.54) is 5.56 Å². The molecule has 1 heterocycles. The monoisotopic (exact) mass is 296 g/mol. The van der Waals surface area contributed by atoms with Gasteiger partial charge < -0.3 is 5.32 Å². The third kappa shape index (κ3) is 2.95. The van der Waals surface area contributed by atoms with E-state index in [9.17, 15) is 4.79 Å². The molecular formula is C17H16N2OS. The highest BCUT2D eigenvalue weighted by molar-refractivity contribution is 7.80. The van der Waals surface area contributed by atoms with Crippen molar-refractivity contribution in [1.82, 2.24) is 10.2 Å². The van der Waals surface area contributed by atoms with Crippen LogP contribution in [-0.4, -0.2) is 22.5 Å². The van der Waals surface area contributed by atoms with Gasteiger partial charge in [0.25, 0.3) is 5.91 Å². The van der Waals surface area contributed by atoms with Gasteiger partial charge in [0, 0.05) is 6.54 Å². The van der Waals surface area contributed by atoms with Crippen LogP contribution >= 0.6 is 12.2 Å². The van der Waals surface area contributed by atoms with Gasteiger partial charge in [0.15, 0.2) is 5.11 Å². The Morgan fingerprint density at radius 2 is 1.62 bits per heavy atom. The molecule has 1 amide bonds. The Balaban J connectivity index is 1.70. The van der Waals surface area contributed by atoms with E-state index in [2.05, 4.69) is 17.4 Å². The first-order valence-corrected chi connectivity index (χ1v) is 7.37. The second kappa shape index (κ2) is 6.06. The molecule has 2 aromatic rings. The third-order valence-corrected chi connectivity index (χ3v) is 3.96. The zero-order valence-electron chi connectivity index (χ0n) is 11.5. The van der Waals surface area contributed by atoms with E-state index >= 15 is 0 Å². The van der Waals surface area contributed by atoms with Gasteiger partial charge in [0.2, 0.25) is 0 Å². The average molecular weight is 296 g/mol. The zero-order chi connectivity index (χ0) is 14.7. The van der Waals surface area contributed by atoms with Crippen molar-refractivity contribution in [2.45, 2.75) is 12.5 Å². The smallest absolute Gasteiger partial charge is 0.255 e. The van der Waals surface area contributed by atoms with Crippen molar-refractivity contribution >= 4 is 23.2 Å². The molecule has 0 aliphatic carbocycles. The average Bonchev–Trinajstić information content (AvgIpc) is 2.82. The molecule has 1 aliphatic rings. The fraction of sp³-hybridized carbons (Fsp3) is 0.176. The molecule has 1 atom stereocenters. The van der Waals surface area contributed by atoms with Crippen molar-refractivity contribution < 1.29 is 4.79 Å². The summed E-state index contributed by atoms with van der Waals surface area (Å²) in [6.45, 7) is 0.609. The zero-order valence-corrected chi connectivity index (χ0v) is 12.3. The Labute approximate surface area is 129 Å². The molecule has 3 nitrogen and oxygen atoms in total. The number of thiocarbonyl (C=S) groups is 1. The second-order valence-electron chi connectivity index (χ2n) is 5.02. The van der Waals surface area contributed by atoms with Crippen molar-refractivity contribution in [2.75, 3.05) is 6.54 Å². The molecule has 4 heteroatoms. The van der Waals surface area contributed by atoms with Crippen molar-refractivity contribution in [2.24, 2.45) is 0 Å². The lowest BCUT2D eigenvalue weighted by molar-refractivity contribution is -0.127. The Morgan fingerprint density at radius 3 is 2.29 bits per heavy atom. The Kier molecular flexibility index (Phi) is 3.97. The largest absolute Gasteiger partial charge is 0.347 e. The number of nitrogens with one attached hydrogen (secondary N) is 1. The number of hydrogen-bond donors (Lipinski definition) is 1. The highest BCUT2D eigenvalue weighted by Crippen LogP contribution is 2.22. The van der Waals surface area contributed by atoms with Crippen LogP contribution in [-0.2, 0) is 11.2 Å². The molecule has 0 aromatic heterocycles. The lowest BCUT2D eigenvalue weighted by atomic mass is 10.1. The van der Waals surface area contributed by atoms with E-state index in [1.807, 2.05) is 48.5 Å². The van der Waals surface area contributed by atoms with Crippen molar-refractivity contribution in [3.05, 3.63) is 71.8 Å². The van der Waals surface area contributed by atoms with Gasteiger partial charge in [-0.2, -0.15) is 0 Å². The summed E-state index contributed by atoms with van der Waals surface area (Å²) in [6, 6.07) is 19.5. The van der Waals surface area contributed by atoms with E-state index in [0.29, 0.717) is 11.7 Å². The second-order valence-corrected chi connectivity index (χ2v) is 5.41. The van der Waals surface area contributed by atoms with Crippen LogP contribution in [0.15, 0.2) is 60.7 Å². The number of nitrogens with zero attached hydrogens (tertiary/aromatic N) is 1. The maximum absolute atomic E-state index is 12.5. The minimum Gasteiger partial charge on any atom is -0.347 e. The van der Waals surface area contributed by atoms with E-state index < -0.39 is 0 Å². The molecule has 1 saturated heterocycles. The molecule has 0 spiro atoms. The van der Waals surface area contributed by atoms with Crippen molar-refractivity contribution in [3.63, 3.8) is 0 Å². The molecule has 21 heavy (non-hydrogen) atoms. The molecule has 1 N–H and O–H groups in total. The number of carbonyl (C=O) groups excluding carboxylic acids is 1. The minimum absolute atomic E-state index is 0.0298. The standard InChI is InChI=1S/C17H16N2OS/c20-16-15(14-9-5-2-6-10-14)18-17(21)19(16)12-11-13-7-3-1-4-8-13/h1-10,15H,11-12H2,(H,18,21). The Morgan fingerprint density at radius 1 is 1.00 bits per heavy atom. The van der Waals surface area contributed by atoms with Gasteiger partial charge in [-0.15, -0.1) is 0 Å². The summed E-state index contributed by atoms with van der Waals surface area (Å²) in [5.74, 6) is 0.0298. The van der Waals surface area contributed by atoms with Gasteiger partial charge in [-0.05, 0) is 29.8 Å². The first kappa shape index (κ1) is 13.8. The van der Waals surface area contributed by atoms with E-state index in [0.717, 1.165) is 12.0 Å². The highest BCUT2D eigenvalue weighted by atomic mass is 32.1. The van der Waals surface area contributed by atoms with Crippen LogP contribution in [0.1, 0.15) is 17.2 Å². The first-order valence-electron chi connectivity index (χ1n) is 6.96.